The monoisotopic (exact) mass is 195 g/mol. The summed E-state index contributed by atoms with van der Waals surface area (Å²) in [5, 5.41) is 2.56. The smallest absolute Gasteiger partial charge is 0.408 e. The van der Waals surface area contributed by atoms with Crippen LogP contribution in [0.25, 0.3) is 0 Å². The molecule has 4 heteroatoms. The van der Waals surface area contributed by atoms with Gasteiger partial charge >= 0.3 is 6.09 Å². The second kappa shape index (κ2) is 3.29. The number of amides is 1. The Balaban J connectivity index is 2.32. The lowest BCUT2D eigenvalue weighted by Gasteiger charge is -2.13. The molecule has 0 spiro atoms. The molecule has 1 aromatic rings. The van der Waals surface area contributed by atoms with Crippen LogP contribution in [0.15, 0.2) is 24.3 Å². The molecular weight excluding hydrogens is 185 g/mol. The minimum absolute atomic E-state index is 0.324. The van der Waals surface area contributed by atoms with Gasteiger partial charge in [-0.3, -0.25) is 0 Å². The van der Waals surface area contributed by atoms with Gasteiger partial charge in [-0.25, -0.2) is 9.18 Å². The lowest BCUT2D eigenvalue weighted by molar-refractivity contribution is 0.141. The van der Waals surface area contributed by atoms with Crippen LogP contribution in [0.4, 0.5) is 9.18 Å². The molecule has 1 saturated heterocycles. The molecule has 1 heterocycles. The number of benzene rings is 1. The van der Waals surface area contributed by atoms with Gasteiger partial charge in [0.05, 0.1) is 6.04 Å². The minimum Gasteiger partial charge on any atom is -0.444 e. The van der Waals surface area contributed by atoms with E-state index in [2.05, 4.69) is 5.32 Å². The fourth-order valence-electron chi connectivity index (χ4n) is 1.57. The molecule has 0 saturated carbocycles. The van der Waals surface area contributed by atoms with Gasteiger partial charge in [0.2, 0.25) is 0 Å². The molecule has 2 unspecified atom stereocenters. The number of alkyl carbamates (subject to hydrolysis) is 1. The Morgan fingerprint density at radius 2 is 2.14 bits per heavy atom. The molecule has 1 aliphatic heterocycles. The molecule has 1 aromatic carbocycles. The predicted octanol–water partition coefficient (Wildman–Crippen LogP) is 2.00. The molecule has 1 amide bonds. The molecule has 1 aliphatic rings. The number of hydrogen-bond donors (Lipinski definition) is 1. The van der Waals surface area contributed by atoms with Gasteiger partial charge in [-0.15, -0.1) is 0 Å². The molecule has 1 N–H and O–H groups in total. The van der Waals surface area contributed by atoms with Crippen molar-refractivity contribution in [1.82, 2.24) is 5.32 Å². The first-order valence-electron chi connectivity index (χ1n) is 4.40. The fourth-order valence-corrected chi connectivity index (χ4v) is 1.57. The fraction of sp³-hybridized carbons (Fsp3) is 0.300. The van der Waals surface area contributed by atoms with Crippen LogP contribution in [0.2, 0.25) is 0 Å². The van der Waals surface area contributed by atoms with E-state index in [9.17, 15) is 9.18 Å². The quantitative estimate of drug-likeness (QED) is 0.744. The summed E-state index contributed by atoms with van der Waals surface area (Å²) in [7, 11) is 0. The highest BCUT2D eigenvalue weighted by Crippen LogP contribution is 2.25. The Kier molecular flexibility index (Phi) is 2.11. The van der Waals surface area contributed by atoms with Crippen LogP contribution in [-0.4, -0.2) is 12.2 Å². The third-order valence-corrected chi connectivity index (χ3v) is 2.28. The van der Waals surface area contributed by atoms with Gasteiger partial charge in [-0.1, -0.05) is 18.2 Å². The Labute approximate surface area is 80.9 Å². The zero-order chi connectivity index (χ0) is 10.1. The van der Waals surface area contributed by atoms with Gasteiger partial charge in [-0.2, -0.15) is 0 Å². The summed E-state index contributed by atoms with van der Waals surface area (Å²) in [5.41, 5.74) is 0.464. The number of ether oxygens (including phenoxy) is 1. The van der Waals surface area contributed by atoms with Gasteiger partial charge in [0, 0.05) is 5.56 Å². The summed E-state index contributed by atoms with van der Waals surface area (Å²) >= 11 is 0. The Bertz CT molecular complexity index is 367. The van der Waals surface area contributed by atoms with E-state index in [1.807, 2.05) is 0 Å². The van der Waals surface area contributed by atoms with Crippen molar-refractivity contribution < 1.29 is 13.9 Å². The van der Waals surface area contributed by atoms with Crippen molar-refractivity contribution in [3.8, 4) is 0 Å². The highest BCUT2D eigenvalue weighted by atomic mass is 19.1. The van der Waals surface area contributed by atoms with Crippen molar-refractivity contribution in [2.45, 2.75) is 19.1 Å². The molecule has 14 heavy (non-hydrogen) atoms. The average Bonchev–Trinajstić information content (AvgIpc) is 2.46. The Morgan fingerprint density at radius 1 is 1.43 bits per heavy atom. The summed E-state index contributed by atoms with van der Waals surface area (Å²) < 4.78 is 18.2. The maximum Gasteiger partial charge on any atom is 0.408 e. The number of halogens is 1. The molecule has 2 atom stereocenters. The maximum atomic E-state index is 13.3. The number of rotatable bonds is 1. The second-order valence-corrected chi connectivity index (χ2v) is 3.25. The molecule has 2 rings (SSSR count). The van der Waals surface area contributed by atoms with Crippen molar-refractivity contribution in [1.29, 1.82) is 0 Å². The van der Waals surface area contributed by atoms with E-state index in [1.165, 1.54) is 6.07 Å². The summed E-state index contributed by atoms with van der Waals surface area (Å²) in [6.07, 6.45) is -0.829. The molecule has 0 aliphatic carbocycles. The lowest BCUT2D eigenvalue weighted by Crippen LogP contribution is -2.22. The zero-order valence-electron chi connectivity index (χ0n) is 7.66. The molecule has 0 aromatic heterocycles. The molecule has 1 fully saturated rings. The van der Waals surface area contributed by atoms with Crippen molar-refractivity contribution in [3.05, 3.63) is 35.6 Å². The van der Waals surface area contributed by atoms with E-state index in [4.69, 9.17) is 4.74 Å². The molecule has 3 nitrogen and oxygen atoms in total. The van der Waals surface area contributed by atoms with Crippen LogP contribution < -0.4 is 5.32 Å². The van der Waals surface area contributed by atoms with E-state index >= 15 is 0 Å². The van der Waals surface area contributed by atoms with Crippen LogP contribution >= 0.6 is 0 Å². The van der Waals surface area contributed by atoms with E-state index in [1.54, 1.807) is 25.1 Å². The summed E-state index contributed by atoms with van der Waals surface area (Å²) in [6.45, 7) is 1.73. The second-order valence-electron chi connectivity index (χ2n) is 3.25. The van der Waals surface area contributed by atoms with Gasteiger partial charge in [0.1, 0.15) is 11.9 Å². The number of hydrogen-bond acceptors (Lipinski definition) is 2. The Morgan fingerprint density at radius 3 is 2.71 bits per heavy atom. The third-order valence-electron chi connectivity index (χ3n) is 2.28. The van der Waals surface area contributed by atoms with Crippen molar-refractivity contribution in [3.63, 3.8) is 0 Å². The first-order valence-corrected chi connectivity index (χ1v) is 4.40. The summed E-state index contributed by atoms with van der Waals surface area (Å²) in [4.78, 5) is 10.9. The van der Waals surface area contributed by atoms with Crippen molar-refractivity contribution in [2.75, 3.05) is 0 Å². The number of nitrogens with one attached hydrogen (secondary N) is 1. The van der Waals surface area contributed by atoms with Crippen LogP contribution in [0.5, 0.6) is 0 Å². The third kappa shape index (κ3) is 1.43. The van der Waals surface area contributed by atoms with Crippen LogP contribution in [0.1, 0.15) is 18.5 Å². The molecule has 0 radical (unpaired) electrons. The SMILES string of the molecule is CC1OC(=O)NC1c1ccccc1F. The van der Waals surface area contributed by atoms with Gasteiger partial charge < -0.3 is 10.1 Å². The molecular formula is C10H10FNO2. The first-order chi connectivity index (χ1) is 6.68. The number of cyclic esters (lactones) is 1. The minimum atomic E-state index is -0.495. The Hall–Kier alpha value is -1.58. The van der Waals surface area contributed by atoms with Gasteiger partial charge in [0.15, 0.2) is 0 Å². The topological polar surface area (TPSA) is 38.3 Å². The first kappa shape index (κ1) is 8.99. The van der Waals surface area contributed by atoms with Crippen LogP contribution in [0.3, 0.4) is 0 Å². The predicted molar refractivity (Wildman–Crippen MR) is 48.2 cm³/mol. The summed E-state index contributed by atoms with van der Waals surface area (Å²) in [6, 6.07) is 5.97. The molecule has 0 bridgehead atoms. The lowest BCUT2D eigenvalue weighted by atomic mass is 10.0. The highest BCUT2D eigenvalue weighted by molar-refractivity contribution is 5.70. The number of carbonyl (C=O) groups excluding carboxylic acids is 1. The maximum absolute atomic E-state index is 13.3. The highest BCUT2D eigenvalue weighted by Gasteiger charge is 2.32. The van der Waals surface area contributed by atoms with Crippen molar-refractivity contribution in [2.24, 2.45) is 0 Å². The largest absolute Gasteiger partial charge is 0.444 e. The van der Waals surface area contributed by atoms with E-state index in [0.29, 0.717) is 5.56 Å². The van der Waals surface area contributed by atoms with Gasteiger partial charge in [0.25, 0.3) is 0 Å². The van der Waals surface area contributed by atoms with E-state index in [0.717, 1.165) is 0 Å². The van der Waals surface area contributed by atoms with Crippen molar-refractivity contribution >= 4 is 6.09 Å². The normalized spacial score (nSPS) is 25.7. The van der Waals surface area contributed by atoms with Gasteiger partial charge in [-0.05, 0) is 13.0 Å². The zero-order valence-corrected chi connectivity index (χ0v) is 7.66. The van der Waals surface area contributed by atoms with E-state index < -0.39 is 6.09 Å². The van der Waals surface area contributed by atoms with Crippen LogP contribution in [-0.2, 0) is 4.74 Å². The standard InChI is InChI=1S/C10H10FNO2/c1-6-9(12-10(13)14-6)7-4-2-3-5-8(7)11/h2-6,9H,1H3,(H,12,13). The van der Waals surface area contributed by atoms with Crippen LogP contribution in [0, 0.1) is 5.82 Å². The molecule has 74 valence electrons. The average molecular weight is 195 g/mol. The summed E-state index contributed by atoms with van der Waals surface area (Å²) in [5.74, 6) is -0.324. The van der Waals surface area contributed by atoms with E-state index in [-0.39, 0.29) is 18.0 Å². The number of carbonyl (C=O) groups is 1.